The standard InChI is InChI=1S/C13H13ClN4O3/c1-7-12(8(2)17(3)16-7)15-13(19)9-4-5-10(14)11(6-9)18(20)21/h4-6H,1-3H3,(H,15,19). The maximum Gasteiger partial charge on any atom is 0.288 e. The molecule has 1 amide bonds. The van der Waals surface area contributed by atoms with Gasteiger partial charge in [-0.1, -0.05) is 11.6 Å². The van der Waals surface area contributed by atoms with Gasteiger partial charge in [0.25, 0.3) is 11.6 Å². The zero-order chi connectivity index (χ0) is 15.7. The third kappa shape index (κ3) is 2.87. The number of nitro groups is 1. The fourth-order valence-electron chi connectivity index (χ4n) is 1.93. The lowest BCUT2D eigenvalue weighted by molar-refractivity contribution is -0.384. The van der Waals surface area contributed by atoms with E-state index in [0.29, 0.717) is 11.4 Å². The minimum Gasteiger partial charge on any atom is -0.319 e. The highest BCUT2D eigenvalue weighted by Gasteiger charge is 2.18. The molecule has 1 N–H and O–H groups in total. The van der Waals surface area contributed by atoms with Gasteiger partial charge in [-0.05, 0) is 26.0 Å². The van der Waals surface area contributed by atoms with Crippen LogP contribution in [0.15, 0.2) is 18.2 Å². The van der Waals surface area contributed by atoms with Crippen molar-refractivity contribution in [1.82, 2.24) is 9.78 Å². The van der Waals surface area contributed by atoms with Gasteiger partial charge in [-0.15, -0.1) is 0 Å². The number of carbonyl (C=O) groups is 1. The number of hydrogen-bond acceptors (Lipinski definition) is 4. The van der Waals surface area contributed by atoms with Crippen molar-refractivity contribution in [3.05, 3.63) is 50.3 Å². The first-order valence-corrected chi connectivity index (χ1v) is 6.44. The third-order valence-electron chi connectivity index (χ3n) is 3.15. The molecule has 2 aromatic rings. The van der Waals surface area contributed by atoms with Crippen molar-refractivity contribution in [2.24, 2.45) is 7.05 Å². The lowest BCUT2D eigenvalue weighted by Crippen LogP contribution is -2.13. The van der Waals surface area contributed by atoms with Crippen LogP contribution >= 0.6 is 11.6 Å². The summed E-state index contributed by atoms with van der Waals surface area (Å²) in [5, 5.41) is 17.7. The number of aryl methyl sites for hydroxylation is 2. The Morgan fingerprint density at radius 3 is 2.62 bits per heavy atom. The molecule has 0 aliphatic rings. The van der Waals surface area contributed by atoms with Crippen molar-refractivity contribution in [2.45, 2.75) is 13.8 Å². The number of hydrogen-bond donors (Lipinski definition) is 1. The van der Waals surface area contributed by atoms with E-state index in [1.165, 1.54) is 12.1 Å². The van der Waals surface area contributed by atoms with Crippen molar-refractivity contribution in [2.75, 3.05) is 5.32 Å². The van der Waals surface area contributed by atoms with Crippen molar-refractivity contribution in [3.63, 3.8) is 0 Å². The summed E-state index contributed by atoms with van der Waals surface area (Å²) in [6, 6.07) is 3.92. The number of nitro benzene ring substituents is 1. The Morgan fingerprint density at radius 2 is 2.10 bits per heavy atom. The largest absolute Gasteiger partial charge is 0.319 e. The molecular formula is C13H13ClN4O3. The number of anilines is 1. The van der Waals surface area contributed by atoms with E-state index in [1.807, 2.05) is 6.92 Å². The van der Waals surface area contributed by atoms with Gasteiger partial charge >= 0.3 is 0 Å². The smallest absolute Gasteiger partial charge is 0.288 e. The summed E-state index contributed by atoms with van der Waals surface area (Å²) in [5.41, 5.74) is 1.92. The molecular weight excluding hydrogens is 296 g/mol. The zero-order valence-electron chi connectivity index (χ0n) is 11.7. The molecule has 0 fully saturated rings. The van der Waals surface area contributed by atoms with Crippen LogP contribution in [0.2, 0.25) is 5.02 Å². The van der Waals surface area contributed by atoms with Gasteiger partial charge in [-0.25, -0.2) is 0 Å². The number of amides is 1. The van der Waals surface area contributed by atoms with Gasteiger partial charge in [0.05, 0.1) is 22.0 Å². The molecule has 1 aromatic heterocycles. The number of nitrogens with zero attached hydrogens (tertiary/aromatic N) is 3. The molecule has 0 saturated carbocycles. The quantitative estimate of drug-likeness (QED) is 0.697. The third-order valence-corrected chi connectivity index (χ3v) is 3.47. The molecule has 1 aromatic carbocycles. The number of carbonyl (C=O) groups excluding carboxylic acids is 1. The predicted octanol–water partition coefficient (Wildman–Crippen LogP) is 2.85. The number of aromatic nitrogens is 2. The lowest BCUT2D eigenvalue weighted by Gasteiger charge is -2.06. The first-order valence-electron chi connectivity index (χ1n) is 6.06. The predicted molar refractivity (Wildman–Crippen MR) is 78.7 cm³/mol. The minimum absolute atomic E-state index is 0.00899. The van der Waals surface area contributed by atoms with E-state index in [-0.39, 0.29) is 16.3 Å². The van der Waals surface area contributed by atoms with Crippen LogP contribution < -0.4 is 5.32 Å². The van der Waals surface area contributed by atoms with E-state index in [9.17, 15) is 14.9 Å². The average molecular weight is 309 g/mol. The molecule has 110 valence electrons. The van der Waals surface area contributed by atoms with Crippen LogP contribution in [0.4, 0.5) is 11.4 Å². The van der Waals surface area contributed by atoms with Crippen LogP contribution in [0.3, 0.4) is 0 Å². The van der Waals surface area contributed by atoms with Gasteiger partial charge < -0.3 is 5.32 Å². The second-order valence-corrected chi connectivity index (χ2v) is 4.95. The Kier molecular flexibility index (Phi) is 3.95. The zero-order valence-corrected chi connectivity index (χ0v) is 12.4. The van der Waals surface area contributed by atoms with E-state index in [0.717, 1.165) is 11.8 Å². The van der Waals surface area contributed by atoms with Crippen LogP contribution in [0.5, 0.6) is 0 Å². The lowest BCUT2D eigenvalue weighted by atomic mass is 10.2. The highest BCUT2D eigenvalue weighted by molar-refractivity contribution is 6.32. The Bertz CT molecular complexity index is 739. The van der Waals surface area contributed by atoms with Crippen molar-refractivity contribution in [3.8, 4) is 0 Å². The molecule has 0 saturated heterocycles. The van der Waals surface area contributed by atoms with E-state index in [2.05, 4.69) is 10.4 Å². The number of rotatable bonds is 3. The highest BCUT2D eigenvalue weighted by atomic mass is 35.5. The Morgan fingerprint density at radius 1 is 1.43 bits per heavy atom. The molecule has 0 bridgehead atoms. The SMILES string of the molecule is Cc1nn(C)c(C)c1NC(=O)c1ccc(Cl)c([N+](=O)[O-])c1. The maximum atomic E-state index is 12.2. The normalized spacial score (nSPS) is 10.5. The van der Waals surface area contributed by atoms with Crippen LogP contribution in [0.1, 0.15) is 21.7 Å². The van der Waals surface area contributed by atoms with Gasteiger partial charge in [0.1, 0.15) is 5.02 Å². The Balaban J connectivity index is 2.33. The molecule has 0 aliphatic carbocycles. The molecule has 1 heterocycles. The highest BCUT2D eigenvalue weighted by Crippen LogP contribution is 2.26. The summed E-state index contributed by atoms with van der Waals surface area (Å²) in [5.74, 6) is -0.450. The van der Waals surface area contributed by atoms with Crippen molar-refractivity contribution in [1.29, 1.82) is 0 Å². The van der Waals surface area contributed by atoms with Gasteiger partial charge in [-0.3, -0.25) is 19.6 Å². The molecule has 2 rings (SSSR count). The number of halogens is 1. The molecule has 7 nitrogen and oxygen atoms in total. The van der Waals surface area contributed by atoms with E-state index >= 15 is 0 Å². The number of nitrogens with one attached hydrogen (secondary N) is 1. The summed E-state index contributed by atoms with van der Waals surface area (Å²) in [6.07, 6.45) is 0. The summed E-state index contributed by atoms with van der Waals surface area (Å²) >= 11 is 5.72. The fourth-order valence-corrected chi connectivity index (χ4v) is 2.12. The van der Waals surface area contributed by atoms with Gasteiger partial charge in [0.15, 0.2) is 0 Å². The monoisotopic (exact) mass is 308 g/mol. The summed E-state index contributed by atoms with van der Waals surface area (Å²) in [7, 11) is 1.77. The van der Waals surface area contributed by atoms with Crippen molar-refractivity contribution < 1.29 is 9.72 Å². The topological polar surface area (TPSA) is 90.1 Å². The van der Waals surface area contributed by atoms with E-state index in [4.69, 9.17) is 11.6 Å². The van der Waals surface area contributed by atoms with Crippen LogP contribution in [0.25, 0.3) is 0 Å². The van der Waals surface area contributed by atoms with Crippen LogP contribution in [-0.2, 0) is 7.05 Å². The summed E-state index contributed by atoms with van der Waals surface area (Å²) < 4.78 is 1.65. The molecule has 8 heteroatoms. The average Bonchev–Trinajstić information content (AvgIpc) is 2.65. The molecule has 21 heavy (non-hydrogen) atoms. The molecule has 0 radical (unpaired) electrons. The first-order chi connectivity index (χ1) is 9.81. The molecule has 0 spiro atoms. The van der Waals surface area contributed by atoms with Crippen LogP contribution in [-0.4, -0.2) is 20.6 Å². The van der Waals surface area contributed by atoms with Gasteiger partial charge in [0, 0.05) is 18.7 Å². The molecule has 0 unspecified atom stereocenters. The van der Waals surface area contributed by atoms with Gasteiger partial charge in [-0.2, -0.15) is 5.10 Å². The van der Waals surface area contributed by atoms with E-state index in [1.54, 1.807) is 18.7 Å². The second-order valence-electron chi connectivity index (χ2n) is 4.55. The Hall–Kier alpha value is -2.41. The molecule has 0 atom stereocenters. The minimum atomic E-state index is -0.625. The van der Waals surface area contributed by atoms with Gasteiger partial charge in [0.2, 0.25) is 0 Å². The van der Waals surface area contributed by atoms with Crippen LogP contribution in [0, 0.1) is 24.0 Å². The number of benzene rings is 1. The summed E-state index contributed by atoms with van der Waals surface area (Å²) in [4.78, 5) is 22.4. The second kappa shape index (κ2) is 5.53. The first kappa shape index (κ1) is 15.0. The van der Waals surface area contributed by atoms with Crippen molar-refractivity contribution >= 4 is 28.9 Å². The Labute approximate surface area is 125 Å². The maximum absolute atomic E-state index is 12.2. The fraction of sp³-hybridized carbons (Fsp3) is 0.231. The molecule has 0 aliphatic heterocycles. The van der Waals surface area contributed by atoms with E-state index < -0.39 is 10.8 Å². The summed E-state index contributed by atoms with van der Waals surface area (Å²) in [6.45, 7) is 3.59.